The summed E-state index contributed by atoms with van der Waals surface area (Å²) in [6.45, 7) is 3.71. The van der Waals surface area contributed by atoms with Gasteiger partial charge in [0, 0.05) is 0 Å². The molecule has 0 fully saturated rings. The van der Waals surface area contributed by atoms with Crippen molar-refractivity contribution in [1.82, 2.24) is 0 Å². The molecule has 0 saturated carbocycles. The van der Waals surface area contributed by atoms with Crippen molar-refractivity contribution in [3.63, 3.8) is 0 Å². The van der Waals surface area contributed by atoms with Crippen molar-refractivity contribution in [2.24, 2.45) is 17.4 Å². The Kier molecular flexibility index (Phi) is 2.48. The lowest BCUT2D eigenvalue weighted by atomic mass is 10.1. The third-order valence-corrected chi connectivity index (χ3v) is 1.05. The summed E-state index contributed by atoms with van der Waals surface area (Å²) in [5.41, 5.74) is 10.2. The second-order valence-corrected chi connectivity index (χ2v) is 2.17. The highest BCUT2D eigenvalue weighted by Gasteiger charge is 2.12. The molecule has 0 heterocycles. The lowest BCUT2D eigenvalue weighted by Crippen LogP contribution is -2.40. The molecule has 3 heteroatoms. The smallest absolute Gasteiger partial charge is 0.234 e. The van der Waals surface area contributed by atoms with Crippen molar-refractivity contribution >= 4 is 5.91 Å². The molecule has 0 spiro atoms. The number of primary amides is 1. The van der Waals surface area contributed by atoms with E-state index in [1.54, 1.807) is 0 Å². The average molecular weight is 116 g/mol. The summed E-state index contributed by atoms with van der Waals surface area (Å²) in [5.74, 6) is -0.285. The van der Waals surface area contributed by atoms with Crippen LogP contribution in [0.1, 0.15) is 13.8 Å². The zero-order valence-electron chi connectivity index (χ0n) is 5.22. The highest BCUT2D eigenvalue weighted by Crippen LogP contribution is 1.95. The van der Waals surface area contributed by atoms with Gasteiger partial charge in [-0.25, -0.2) is 0 Å². The molecule has 48 valence electrons. The fraction of sp³-hybridized carbons (Fsp3) is 0.800. The molecular formula is C5H12N2O. The zero-order chi connectivity index (χ0) is 6.73. The number of carbonyl (C=O) groups is 1. The van der Waals surface area contributed by atoms with Crippen molar-refractivity contribution in [1.29, 1.82) is 0 Å². The van der Waals surface area contributed by atoms with E-state index in [1.807, 2.05) is 13.8 Å². The van der Waals surface area contributed by atoms with E-state index in [9.17, 15) is 4.79 Å². The number of amides is 1. The van der Waals surface area contributed by atoms with Crippen LogP contribution in [-0.2, 0) is 4.79 Å². The van der Waals surface area contributed by atoms with Crippen LogP contribution in [0.15, 0.2) is 0 Å². The van der Waals surface area contributed by atoms with Crippen molar-refractivity contribution in [2.75, 3.05) is 0 Å². The molecule has 0 aromatic rings. The molecule has 0 radical (unpaired) electrons. The highest BCUT2D eigenvalue weighted by atomic mass is 16.1. The van der Waals surface area contributed by atoms with Gasteiger partial charge in [-0.05, 0) is 5.92 Å². The Labute approximate surface area is 49.0 Å². The maximum absolute atomic E-state index is 10.2. The predicted molar refractivity (Wildman–Crippen MR) is 32.0 cm³/mol. The summed E-state index contributed by atoms with van der Waals surface area (Å²) in [4.78, 5) is 10.2. The molecule has 1 unspecified atom stereocenters. The zero-order valence-corrected chi connectivity index (χ0v) is 5.22. The highest BCUT2D eigenvalue weighted by molar-refractivity contribution is 5.79. The molecule has 0 bridgehead atoms. The summed E-state index contributed by atoms with van der Waals surface area (Å²) in [7, 11) is 0. The molecule has 1 amide bonds. The average Bonchev–Trinajstić information content (AvgIpc) is 1.64. The topological polar surface area (TPSA) is 69.1 Å². The third-order valence-electron chi connectivity index (χ3n) is 1.05. The first-order valence-corrected chi connectivity index (χ1v) is 2.60. The minimum absolute atomic E-state index is 0.146. The Hall–Kier alpha value is -0.570. The van der Waals surface area contributed by atoms with Crippen molar-refractivity contribution in [3.8, 4) is 0 Å². The first kappa shape index (κ1) is 7.43. The third kappa shape index (κ3) is 1.93. The summed E-state index contributed by atoms with van der Waals surface area (Å²) >= 11 is 0. The minimum atomic E-state index is -0.491. The van der Waals surface area contributed by atoms with Crippen LogP contribution in [0.4, 0.5) is 0 Å². The van der Waals surface area contributed by atoms with Crippen molar-refractivity contribution in [2.45, 2.75) is 19.9 Å². The van der Waals surface area contributed by atoms with E-state index in [2.05, 4.69) is 0 Å². The monoisotopic (exact) mass is 116 g/mol. The van der Waals surface area contributed by atoms with E-state index in [0.717, 1.165) is 0 Å². The van der Waals surface area contributed by atoms with Gasteiger partial charge in [0.15, 0.2) is 0 Å². The summed E-state index contributed by atoms with van der Waals surface area (Å²) in [6.07, 6.45) is 0. The standard InChI is InChI=1S/C5H12N2O/c1-3(2)4(6)5(7)8/h3-4H,6H2,1-2H3,(H2,7,8). The van der Waals surface area contributed by atoms with Gasteiger partial charge in [-0.3, -0.25) is 4.79 Å². The fourth-order valence-corrected chi connectivity index (χ4v) is 0.329. The molecule has 4 N–H and O–H groups in total. The Morgan fingerprint density at radius 2 is 1.88 bits per heavy atom. The minimum Gasteiger partial charge on any atom is -0.368 e. The second kappa shape index (κ2) is 2.67. The maximum Gasteiger partial charge on any atom is 0.234 e. The van der Waals surface area contributed by atoms with Gasteiger partial charge in [-0.1, -0.05) is 13.8 Å². The van der Waals surface area contributed by atoms with Gasteiger partial charge in [-0.2, -0.15) is 0 Å². The SMILES string of the molecule is CC(C)C(N)C(N)=O. The second-order valence-electron chi connectivity index (χ2n) is 2.17. The lowest BCUT2D eigenvalue weighted by molar-refractivity contribution is -0.120. The Balaban J connectivity index is 3.64. The number of hydrogen-bond acceptors (Lipinski definition) is 2. The van der Waals surface area contributed by atoms with E-state index in [-0.39, 0.29) is 5.92 Å². The van der Waals surface area contributed by atoms with Crippen LogP contribution >= 0.6 is 0 Å². The van der Waals surface area contributed by atoms with E-state index in [0.29, 0.717) is 0 Å². The molecule has 3 nitrogen and oxygen atoms in total. The number of rotatable bonds is 2. The summed E-state index contributed by atoms with van der Waals surface area (Å²) in [5, 5.41) is 0. The number of hydrogen-bond donors (Lipinski definition) is 2. The molecule has 0 aliphatic rings. The normalized spacial score (nSPS) is 14.0. The first-order chi connectivity index (χ1) is 3.55. The number of carbonyl (C=O) groups excluding carboxylic acids is 1. The molecule has 0 rings (SSSR count). The van der Waals surface area contributed by atoms with Gasteiger partial charge in [-0.15, -0.1) is 0 Å². The molecule has 0 aromatic carbocycles. The quantitative estimate of drug-likeness (QED) is 0.508. The Morgan fingerprint density at radius 1 is 1.50 bits per heavy atom. The van der Waals surface area contributed by atoms with E-state index in [4.69, 9.17) is 11.5 Å². The van der Waals surface area contributed by atoms with E-state index in [1.165, 1.54) is 0 Å². The van der Waals surface area contributed by atoms with Gasteiger partial charge < -0.3 is 11.5 Å². The van der Waals surface area contributed by atoms with Crippen LogP contribution in [0.2, 0.25) is 0 Å². The molecule has 0 aliphatic heterocycles. The van der Waals surface area contributed by atoms with Gasteiger partial charge in [0.05, 0.1) is 6.04 Å². The van der Waals surface area contributed by atoms with Crippen LogP contribution in [0.25, 0.3) is 0 Å². The lowest BCUT2D eigenvalue weighted by Gasteiger charge is -2.09. The molecular weight excluding hydrogens is 104 g/mol. The molecule has 1 atom stereocenters. The van der Waals surface area contributed by atoms with Gasteiger partial charge in [0.25, 0.3) is 0 Å². The molecule has 8 heavy (non-hydrogen) atoms. The molecule has 0 aliphatic carbocycles. The van der Waals surface area contributed by atoms with Crippen LogP contribution in [0, 0.1) is 5.92 Å². The van der Waals surface area contributed by atoms with Crippen LogP contribution in [0.5, 0.6) is 0 Å². The van der Waals surface area contributed by atoms with E-state index >= 15 is 0 Å². The van der Waals surface area contributed by atoms with Gasteiger partial charge in [0.1, 0.15) is 0 Å². The van der Waals surface area contributed by atoms with Crippen LogP contribution in [-0.4, -0.2) is 11.9 Å². The van der Waals surface area contributed by atoms with Crippen molar-refractivity contribution < 1.29 is 4.79 Å². The van der Waals surface area contributed by atoms with Crippen molar-refractivity contribution in [3.05, 3.63) is 0 Å². The number of nitrogens with two attached hydrogens (primary N) is 2. The van der Waals surface area contributed by atoms with Gasteiger partial charge in [0.2, 0.25) is 5.91 Å². The predicted octanol–water partition coefficient (Wildman–Crippen LogP) is -0.545. The van der Waals surface area contributed by atoms with Gasteiger partial charge >= 0.3 is 0 Å². The Morgan fingerprint density at radius 3 is 1.88 bits per heavy atom. The van der Waals surface area contributed by atoms with Crippen LogP contribution < -0.4 is 11.5 Å². The molecule has 0 saturated heterocycles. The fourth-order valence-electron chi connectivity index (χ4n) is 0.329. The Bertz CT molecular complexity index is 90.4. The van der Waals surface area contributed by atoms with Crippen LogP contribution in [0.3, 0.4) is 0 Å². The van der Waals surface area contributed by atoms with E-state index < -0.39 is 11.9 Å². The maximum atomic E-state index is 10.2. The first-order valence-electron chi connectivity index (χ1n) is 2.60. The summed E-state index contributed by atoms with van der Waals surface area (Å²) in [6, 6.07) is -0.491. The summed E-state index contributed by atoms with van der Waals surface area (Å²) < 4.78 is 0. The largest absolute Gasteiger partial charge is 0.368 e. The molecule has 0 aromatic heterocycles.